The molecule has 30 heavy (non-hydrogen) atoms. The van der Waals surface area contributed by atoms with E-state index in [0.29, 0.717) is 44.1 Å². The van der Waals surface area contributed by atoms with Gasteiger partial charge in [-0.1, -0.05) is 6.07 Å². The van der Waals surface area contributed by atoms with Gasteiger partial charge in [-0.3, -0.25) is 0 Å². The minimum Gasteiger partial charge on any atom is -0.493 e. The monoisotopic (exact) mass is 437 g/mol. The first-order valence-corrected chi connectivity index (χ1v) is 11.2. The van der Waals surface area contributed by atoms with Crippen molar-refractivity contribution < 1.29 is 31.8 Å². The number of fused-ring (bicyclic) bond motifs is 1. The average molecular weight is 437 g/mol. The Kier molecular flexibility index (Phi) is 5.75. The van der Waals surface area contributed by atoms with Gasteiger partial charge in [0.15, 0.2) is 23.0 Å². The molecule has 4 rings (SSSR count). The summed E-state index contributed by atoms with van der Waals surface area (Å²) in [5.74, 6) is 0.664. The van der Waals surface area contributed by atoms with Crippen molar-refractivity contribution >= 4 is 10.0 Å². The van der Waals surface area contributed by atoms with Crippen LogP contribution < -0.4 is 18.9 Å². The fraction of sp³-hybridized carbons (Fsp3) is 0.429. The molecule has 0 amide bonds. The largest absolute Gasteiger partial charge is 0.493 e. The van der Waals surface area contributed by atoms with Gasteiger partial charge in [-0.15, -0.1) is 0 Å². The summed E-state index contributed by atoms with van der Waals surface area (Å²) in [6.07, 6.45) is 2.09. The molecule has 1 atom stereocenters. The minimum atomic E-state index is -4.10. The number of methoxy groups -OCH3 is 2. The van der Waals surface area contributed by atoms with Gasteiger partial charge in [0.2, 0.25) is 10.0 Å². The fourth-order valence-electron chi connectivity index (χ4n) is 3.91. The Morgan fingerprint density at radius 2 is 1.70 bits per heavy atom. The Morgan fingerprint density at radius 1 is 1.00 bits per heavy atom. The molecule has 2 aliphatic rings. The third kappa shape index (κ3) is 3.67. The van der Waals surface area contributed by atoms with E-state index in [1.165, 1.54) is 24.6 Å². The molecule has 0 unspecified atom stereocenters. The number of rotatable bonds is 5. The smallest absolute Gasteiger partial charge is 0.246 e. The van der Waals surface area contributed by atoms with Gasteiger partial charge in [-0.05, 0) is 30.5 Å². The minimum absolute atomic E-state index is 0.134. The summed E-state index contributed by atoms with van der Waals surface area (Å²) in [7, 11) is -1.36. The molecule has 0 aliphatic carbocycles. The second kappa shape index (κ2) is 8.31. The lowest BCUT2D eigenvalue weighted by Crippen LogP contribution is -2.31. The third-order valence-corrected chi connectivity index (χ3v) is 7.31. The number of hydrogen-bond donors (Lipinski definition) is 0. The van der Waals surface area contributed by atoms with Crippen LogP contribution in [0.2, 0.25) is 0 Å². The highest BCUT2D eigenvalue weighted by Gasteiger charge is 2.38. The standard InChI is InChI=1S/C21H24FNO6S/c1-26-18-12-15(22)21(13-19(18)27-2)30(24,25)23-8-3-5-16(23)14-6-7-17-20(11-14)29-10-4-9-28-17/h6-7,11-13,16H,3-5,8-10H2,1-2H3/t16-/m0/s1. The third-order valence-electron chi connectivity index (χ3n) is 5.38. The molecular weight excluding hydrogens is 413 g/mol. The fourth-order valence-corrected chi connectivity index (χ4v) is 5.65. The molecule has 2 aliphatic heterocycles. The van der Waals surface area contributed by atoms with E-state index in [1.807, 2.05) is 12.1 Å². The van der Waals surface area contributed by atoms with Crippen LogP contribution in [-0.2, 0) is 10.0 Å². The summed E-state index contributed by atoms with van der Waals surface area (Å²) in [6.45, 7) is 1.42. The number of sulfonamides is 1. The maximum absolute atomic E-state index is 14.7. The number of halogens is 1. The van der Waals surface area contributed by atoms with E-state index in [1.54, 1.807) is 6.07 Å². The lowest BCUT2D eigenvalue weighted by Gasteiger charge is -2.25. The molecule has 2 aromatic rings. The SMILES string of the molecule is COc1cc(F)c(S(=O)(=O)N2CCC[C@H]2c2ccc3c(c2)OCCCO3)cc1OC. The molecule has 1 saturated heterocycles. The second-order valence-electron chi connectivity index (χ2n) is 7.17. The maximum atomic E-state index is 14.7. The number of hydrogen-bond acceptors (Lipinski definition) is 6. The van der Waals surface area contributed by atoms with Gasteiger partial charge in [0.1, 0.15) is 10.7 Å². The van der Waals surface area contributed by atoms with Crippen molar-refractivity contribution in [2.75, 3.05) is 34.0 Å². The molecule has 9 heteroatoms. The molecule has 7 nitrogen and oxygen atoms in total. The summed E-state index contributed by atoms with van der Waals surface area (Å²) in [6, 6.07) is 7.26. The van der Waals surface area contributed by atoms with Crippen molar-refractivity contribution in [3.05, 3.63) is 41.7 Å². The van der Waals surface area contributed by atoms with Gasteiger partial charge in [-0.25, -0.2) is 12.8 Å². The van der Waals surface area contributed by atoms with Crippen molar-refractivity contribution in [1.29, 1.82) is 0 Å². The van der Waals surface area contributed by atoms with Gasteiger partial charge in [0, 0.05) is 25.1 Å². The van der Waals surface area contributed by atoms with E-state index in [4.69, 9.17) is 18.9 Å². The zero-order chi connectivity index (χ0) is 21.3. The quantitative estimate of drug-likeness (QED) is 0.713. The molecule has 162 valence electrons. The summed E-state index contributed by atoms with van der Waals surface area (Å²) < 4.78 is 64.5. The normalized spacial score (nSPS) is 19.4. The van der Waals surface area contributed by atoms with Crippen LogP contribution in [-0.4, -0.2) is 46.7 Å². The van der Waals surface area contributed by atoms with E-state index in [2.05, 4.69) is 0 Å². The van der Waals surface area contributed by atoms with E-state index < -0.39 is 26.8 Å². The van der Waals surface area contributed by atoms with Crippen LogP contribution in [0.1, 0.15) is 30.9 Å². The Bertz CT molecular complexity index is 1040. The van der Waals surface area contributed by atoms with Crippen molar-refractivity contribution in [3.63, 3.8) is 0 Å². The lowest BCUT2D eigenvalue weighted by molar-refractivity contribution is 0.296. The first-order chi connectivity index (χ1) is 14.5. The molecule has 0 spiro atoms. The van der Waals surface area contributed by atoms with Crippen LogP contribution in [0.15, 0.2) is 35.2 Å². The molecule has 1 fully saturated rings. The summed E-state index contributed by atoms with van der Waals surface area (Å²) >= 11 is 0. The predicted octanol–water partition coefficient (Wildman–Crippen LogP) is 3.53. The lowest BCUT2D eigenvalue weighted by atomic mass is 10.0. The summed E-state index contributed by atoms with van der Waals surface area (Å²) in [5.41, 5.74) is 0.793. The van der Waals surface area contributed by atoms with Gasteiger partial charge < -0.3 is 18.9 Å². The zero-order valence-corrected chi connectivity index (χ0v) is 17.7. The number of benzene rings is 2. The van der Waals surface area contributed by atoms with Gasteiger partial charge in [-0.2, -0.15) is 4.31 Å². The highest BCUT2D eigenvalue weighted by atomic mass is 32.2. The zero-order valence-electron chi connectivity index (χ0n) is 16.9. The summed E-state index contributed by atoms with van der Waals surface area (Å²) in [5, 5.41) is 0. The van der Waals surface area contributed by atoms with Crippen LogP contribution >= 0.6 is 0 Å². The van der Waals surface area contributed by atoms with Crippen molar-refractivity contribution in [3.8, 4) is 23.0 Å². The first kappa shape index (κ1) is 20.7. The van der Waals surface area contributed by atoms with Gasteiger partial charge >= 0.3 is 0 Å². The molecular formula is C21H24FNO6S. The Balaban J connectivity index is 1.71. The van der Waals surface area contributed by atoms with Gasteiger partial charge in [0.25, 0.3) is 0 Å². The van der Waals surface area contributed by atoms with Crippen LogP contribution in [0.4, 0.5) is 4.39 Å². The number of ether oxygens (including phenoxy) is 4. The van der Waals surface area contributed by atoms with E-state index in [-0.39, 0.29) is 11.5 Å². The topological polar surface area (TPSA) is 74.3 Å². The van der Waals surface area contributed by atoms with E-state index in [0.717, 1.165) is 18.1 Å². The van der Waals surface area contributed by atoms with Crippen molar-refractivity contribution in [2.45, 2.75) is 30.2 Å². The van der Waals surface area contributed by atoms with Crippen LogP contribution in [0, 0.1) is 5.82 Å². The molecule has 2 aromatic carbocycles. The van der Waals surface area contributed by atoms with Crippen molar-refractivity contribution in [1.82, 2.24) is 4.31 Å². The van der Waals surface area contributed by atoms with Gasteiger partial charge in [0.05, 0.1) is 33.5 Å². The van der Waals surface area contributed by atoms with Crippen LogP contribution in [0.25, 0.3) is 0 Å². The Morgan fingerprint density at radius 3 is 2.43 bits per heavy atom. The second-order valence-corrected chi connectivity index (χ2v) is 9.03. The van der Waals surface area contributed by atoms with Crippen LogP contribution in [0.3, 0.4) is 0 Å². The van der Waals surface area contributed by atoms with E-state index >= 15 is 0 Å². The molecule has 0 bridgehead atoms. The highest BCUT2D eigenvalue weighted by Crippen LogP contribution is 2.42. The number of nitrogens with zero attached hydrogens (tertiary/aromatic N) is 1. The molecule has 2 heterocycles. The average Bonchev–Trinajstić information content (AvgIpc) is 3.13. The molecule has 0 saturated carbocycles. The highest BCUT2D eigenvalue weighted by molar-refractivity contribution is 7.89. The summed E-state index contributed by atoms with van der Waals surface area (Å²) in [4.78, 5) is -0.429. The van der Waals surface area contributed by atoms with E-state index in [9.17, 15) is 12.8 Å². The molecule has 0 N–H and O–H groups in total. The predicted molar refractivity (Wildman–Crippen MR) is 107 cm³/mol. The Hall–Kier alpha value is -2.52. The van der Waals surface area contributed by atoms with Crippen molar-refractivity contribution in [2.24, 2.45) is 0 Å². The van der Waals surface area contributed by atoms with Crippen LogP contribution in [0.5, 0.6) is 23.0 Å². The first-order valence-electron chi connectivity index (χ1n) is 9.78. The molecule has 0 radical (unpaired) electrons. The molecule has 0 aromatic heterocycles. The Labute approximate surface area is 175 Å². The maximum Gasteiger partial charge on any atom is 0.246 e.